The molecule has 2 aromatic carbocycles. The third kappa shape index (κ3) is 3.90. The molecular weight excluding hydrogens is 316 g/mol. The average Bonchev–Trinajstić information content (AvgIpc) is 2.45. The molecule has 106 valence electrons. The van der Waals surface area contributed by atoms with Gasteiger partial charge in [-0.15, -0.1) is 0 Å². The van der Waals surface area contributed by atoms with Crippen molar-refractivity contribution in [3.63, 3.8) is 0 Å². The maximum absolute atomic E-state index is 6.01. The number of rotatable bonds is 6. The average molecular weight is 335 g/mol. The molecule has 0 amide bonds. The molecule has 0 saturated heterocycles. The van der Waals surface area contributed by atoms with Crippen molar-refractivity contribution in [2.75, 3.05) is 30.3 Å². The summed E-state index contributed by atoms with van der Waals surface area (Å²) in [5, 5.41) is 0. The number of nitrogens with two attached hydrogens (primary N) is 1. The van der Waals surface area contributed by atoms with Gasteiger partial charge in [0.25, 0.3) is 0 Å². The van der Waals surface area contributed by atoms with Crippen molar-refractivity contribution in [1.29, 1.82) is 0 Å². The zero-order valence-electron chi connectivity index (χ0n) is 11.6. The number of hydrogen-bond acceptors (Lipinski definition) is 3. The largest absolute Gasteiger partial charge is 0.492 e. The van der Waals surface area contributed by atoms with Crippen LogP contribution in [0.2, 0.25) is 0 Å². The van der Waals surface area contributed by atoms with E-state index in [1.807, 2.05) is 48.5 Å². The van der Waals surface area contributed by atoms with Crippen LogP contribution >= 0.6 is 15.9 Å². The third-order valence-corrected chi connectivity index (χ3v) is 3.58. The number of halogens is 1. The molecule has 3 nitrogen and oxygen atoms in total. The van der Waals surface area contributed by atoms with Crippen molar-refractivity contribution >= 4 is 27.3 Å². The van der Waals surface area contributed by atoms with Gasteiger partial charge in [0.1, 0.15) is 12.4 Å². The van der Waals surface area contributed by atoms with Crippen LogP contribution in [0.5, 0.6) is 5.75 Å². The number of nitrogen functional groups attached to an aromatic ring is 1. The molecule has 0 aromatic heterocycles. The molecule has 0 unspecified atom stereocenters. The highest BCUT2D eigenvalue weighted by Crippen LogP contribution is 2.22. The van der Waals surface area contributed by atoms with E-state index in [1.165, 1.54) is 0 Å². The Bertz CT molecular complexity index is 560. The number of anilines is 2. The van der Waals surface area contributed by atoms with Gasteiger partial charge in [0, 0.05) is 11.0 Å². The van der Waals surface area contributed by atoms with Gasteiger partial charge in [0.15, 0.2) is 0 Å². The molecule has 2 aromatic rings. The molecule has 0 aliphatic carbocycles. The predicted molar refractivity (Wildman–Crippen MR) is 88.4 cm³/mol. The van der Waals surface area contributed by atoms with Crippen molar-refractivity contribution in [3.8, 4) is 5.75 Å². The molecule has 0 radical (unpaired) electrons. The smallest absolute Gasteiger partial charge is 0.120 e. The van der Waals surface area contributed by atoms with Gasteiger partial charge in [-0.25, -0.2) is 0 Å². The topological polar surface area (TPSA) is 38.5 Å². The molecule has 0 atom stereocenters. The molecule has 0 fully saturated rings. The zero-order chi connectivity index (χ0) is 14.4. The van der Waals surface area contributed by atoms with Crippen molar-refractivity contribution in [3.05, 3.63) is 53.0 Å². The fraction of sp³-hybridized carbons (Fsp3) is 0.250. The number of benzene rings is 2. The van der Waals surface area contributed by atoms with E-state index in [0.29, 0.717) is 6.61 Å². The van der Waals surface area contributed by atoms with Gasteiger partial charge in [0.05, 0.1) is 17.9 Å². The first-order valence-corrected chi connectivity index (χ1v) is 7.48. The Morgan fingerprint density at radius 1 is 1.15 bits per heavy atom. The van der Waals surface area contributed by atoms with Gasteiger partial charge in [-0.05, 0) is 37.3 Å². The Hall–Kier alpha value is -1.68. The van der Waals surface area contributed by atoms with E-state index in [9.17, 15) is 0 Å². The van der Waals surface area contributed by atoms with Crippen molar-refractivity contribution in [2.24, 2.45) is 0 Å². The summed E-state index contributed by atoms with van der Waals surface area (Å²) >= 11 is 3.44. The minimum atomic E-state index is 0.624. The standard InChI is InChI=1S/C16H19BrN2O/c1-2-19(16-9-4-3-8-15(16)18)10-11-20-14-7-5-6-13(17)12-14/h3-9,12H,2,10-11,18H2,1H3. The molecule has 2 rings (SSSR count). The van der Waals surface area contributed by atoms with Gasteiger partial charge in [0.2, 0.25) is 0 Å². The van der Waals surface area contributed by atoms with Crippen LogP contribution in [0.4, 0.5) is 11.4 Å². The summed E-state index contributed by atoms with van der Waals surface area (Å²) in [6.45, 7) is 4.44. The molecule has 0 aliphatic heterocycles. The van der Waals surface area contributed by atoms with Crippen LogP contribution in [-0.2, 0) is 0 Å². The van der Waals surface area contributed by atoms with E-state index in [1.54, 1.807) is 0 Å². The number of likely N-dealkylation sites (N-methyl/N-ethyl adjacent to an activating group) is 1. The molecule has 0 bridgehead atoms. The van der Waals surface area contributed by atoms with Crippen LogP contribution in [-0.4, -0.2) is 19.7 Å². The van der Waals surface area contributed by atoms with E-state index in [0.717, 1.165) is 34.7 Å². The first-order valence-electron chi connectivity index (χ1n) is 6.68. The SMILES string of the molecule is CCN(CCOc1cccc(Br)c1)c1ccccc1N. The van der Waals surface area contributed by atoms with Crippen molar-refractivity contribution < 1.29 is 4.74 Å². The number of nitrogens with zero attached hydrogens (tertiary/aromatic N) is 1. The Kier molecular flexibility index (Phi) is 5.30. The highest BCUT2D eigenvalue weighted by Gasteiger charge is 2.07. The van der Waals surface area contributed by atoms with Gasteiger partial charge < -0.3 is 15.4 Å². The van der Waals surface area contributed by atoms with Gasteiger partial charge in [-0.3, -0.25) is 0 Å². The van der Waals surface area contributed by atoms with Gasteiger partial charge in [-0.1, -0.05) is 34.1 Å². The van der Waals surface area contributed by atoms with Crippen LogP contribution in [0.15, 0.2) is 53.0 Å². The van der Waals surface area contributed by atoms with Crippen LogP contribution in [0.3, 0.4) is 0 Å². The van der Waals surface area contributed by atoms with E-state index in [2.05, 4.69) is 27.8 Å². The number of para-hydroxylation sites is 2. The predicted octanol–water partition coefficient (Wildman–Crippen LogP) is 3.94. The van der Waals surface area contributed by atoms with Gasteiger partial charge >= 0.3 is 0 Å². The maximum Gasteiger partial charge on any atom is 0.120 e. The van der Waals surface area contributed by atoms with Crippen LogP contribution < -0.4 is 15.4 Å². The monoisotopic (exact) mass is 334 g/mol. The lowest BCUT2D eigenvalue weighted by molar-refractivity contribution is 0.324. The van der Waals surface area contributed by atoms with Crippen molar-refractivity contribution in [1.82, 2.24) is 0 Å². The normalized spacial score (nSPS) is 10.3. The third-order valence-electron chi connectivity index (χ3n) is 3.09. The highest BCUT2D eigenvalue weighted by molar-refractivity contribution is 9.10. The lowest BCUT2D eigenvalue weighted by Crippen LogP contribution is -2.28. The lowest BCUT2D eigenvalue weighted by atomic mass is 10.2. The highest BCUT2D eigenvalue weighted by atomic mass is 79.9. The summed E-state index contributed by atoms with van der Waals surface area (Å²) < 4.78 is 6.79. The van der Waals surface area contributed by atoms with Gasteiger partial charge in [-0.2, -0.15) is 0 Å². The Balaban J connectivity index is 1.93. The fourth-order valence-electron chi connectivity index (χ4n) is 2.05. The molecule has 4 heteroatoms. The number of ether oxygens (including phenoxy) is 1. The Labute approximate surface area is 128 Å². The fourth-order valence-corrected chi connectivity index (χ4v) is 2.43. The summed E-state index contributed by atoms with van der Waals surface area (Å²) in [4.78, 5) is 2.22. The summed E-state index contributed by atoms with van der Waals surface area (Å²) in [6.07, 6.45) is 0. The first kappa shape index (κ1) is 14.7. The lowest BCUT2D eigenvalue weighted by Gasteiger charge is -2.24. The zero-order valence-corrected chi connectivity index (χ0v) is 13.1. The quantitative estimate of drug-likeness (QED) is 0.813. The Morgan fingerprint density at radius 2 is 1.95 bits per heavy atom. The molecular formula is C16H19BrN2O. The van der Waals surface area contributed by atoms with E-state index in [4.69, 9.17) is 10.5 Å². The first-order chi connectivity index (χ1) is 9.70. The van der Waals surface area contributed by atoms with Crippen LogP contribution in [0, 0.1) is 0 Å². The van der Waals surface area contributed by atoms with E-state index < -0.39 is 0 Å². The Morgan fingerprint density at radius 3 is 2.65 bits per heavy atom. The minimum absolute atomic E-state index is 0.624. The van der Waals surface area contributed by atoms with Crippen molar-refractivity contribution in [2.45, 2.75) is 6.92 Å². The van der Waals surface area contributed by atoms with Crippen LogP contribution in [0.25, 0.3) is 0 Å². The molecule has 20 heavy (non-hydrogen) atoms. The minimum Gasteiger partial charge on any atom is -0.492 e. The summed E-state index contributed by atoms with van der Waals surface area (Å²) in [7, 11) is 0. The van der Waals surface area contributed by atoms with E-state index >= 15 is 0 Å². The molecule has 0 saturated carbocycles. The maximum atomic E-state index is 6.01. The summed E-state index contributed by atoms with van der Waals surface area (Å²) in [6, 6.07) is 15.8. The molecule has 2 N–H and O–H groups in total. The second-order valence-electron chi connectivity index (χ2n) is 4.44. The summed E-state index contributed by atoms with van der Waals surface area (Å²) in [5.41, 5.74) is 7.88. The van der Waals surface area contributed by atoms with Crippen LogP contribution in [0.1, 0.15) is 6.92 Å². The van der Waals surface area contributed by atoms with E-state index in [-0.39, 0.29) is 0 Å². The summed E-state index contributed by atoms with van der Waals surface area (Å²) in [5.74, 6) is 0.872. The molecule has 0 aliphatic rings. The second kappa shape index (κ2) is 7.20. The molecule has 0 heterocycles. The number of hydrogen-bond donors (Lipinski definition) is 1. The molecule has 0 spiro atoms. The second-order valence-corrected chi connectivity index (χ2v) is 5.36.